The number of amides is 2. The van der Waals surface area contributed by atoms with Crippen LogP contribution in [0.5, 0.6) is 0 Å². The van der Waals surface area contributed by atoms with Gasteiger partial charge in [-0.25, -0.2) is 0 Å². The fourth-order valence-electron chi connectivity index (χ4n) is 3.67. The highest BCUT2D eigenvalue weighted by Crippen LogP contribution is 2.37. The predicted molar refractivity (Wildman–Crippen MR) is 109 cm³/mol. The minimum Gasteiger partial charge on any atom is -0.322 e. The first-order valence-corrected chi connectivity index (χ1v) is 9.83. The molecule has 0 unspecified atom stereocenters. The molecule has 1 heterocycles. The van der Waals surface area contributed by atoms with Gasteiger partial charge in [-0.05, 0) is 61.1 Å². The molecule has 4 rings (SSSR count). The number of benzene rings is 2. The van der Waals surface area contributed by atoms with Crippen molar-refractivity contribution in [3.05, 3.63) is 64.7 Å². The summed E-state index contributed by atoms with van der Waals surface area (Å²) in [5.41, 5.74) is 3.82. The Balaban J connectivity index is 1.50. The van der Waals surface area contributed by atoms with Crippen LogP contribution < -0.4 is 10.2 Å². The van der Waals surface area contributed by atoms with E-state index in [1.807, 2.05) is 12.1 Å². The zero-order valence-corrected chi connectivity index (χ0v) is 16.4. The third-order valence-electron chi connectivity index (χ3n) is 5.39. The number of carbonyl (C=O) groups is 2. The third-order valence-corrected chi connectivity index (χ3v) is 5.39. The molecule has 0 saturated heterocycles. The fraction of sp³-hybridized carbons (Fsp3) is 0.304. The van der Waals surface area contributed by atoms with Gasteiger partial charge in [0.15, 0.2) is 0 Å². The summed E-state index contributed by atoms with van der Waals surface area (Å²) in [6.07, 6.45) is -0.565. The minimum atomic E-state index is -4.38. The SMILES string of the molecule is Cc1cc(C=CC(F)(F)F)ccc1C(=O)Nc1ccc2c(c1)N(C(=O)C1CC1)CC2. The van der Waals surface area contributed by atoms with Crippen LogP contribution in [0, 0.1) is 12.8 Å². The molecular weight excluding hydrogens is 393 g/mol. The lowest BCUT2D eigenvalue weighted by Crippen LogP contribution is -2.30. The summed E-state index contributed by atoms with van der Waals surface area (Å²) in [6.45, 7) is 2.34. The second-order valence-corrected chi connectivity index (χ2v) is 7.76. The quantitative estimate of drug-likeness (QED) is 0.755. The van der Waals surface area contributed by atoms with Gasteiger partial charge in [0.2, 0.25) is 5.91 Å². The van der Waals surface area contributed by atoms with E-state index in [4.69, 9.17) is 0 Å². The van der Waals surface area contributed by atoms with Crippen LogP contribution in [0.4, 0.5) is 24.5 Å². The van der Waals surface area contributed by atoms with Gasteiger partial charge in [-0.15, -0.1) is 0 Å². The second-order valence-electron chi connectivity index (χ2n) is 7.76. The van der Waals surface area contributed by atoms with Gasteiger partial charge in [0.25, 0.3) is 5.91 Å². The van der Waals surface area contributed by atoms with E-state index in [9.17, 15) is 22.8 Å². The molecule has 156 valence electrons. The number of halogens is 3. The molecule has 0 spiro atoms. The summed E-state index contributed by atoms with van der Waals surface area (Å²) < 4.78 is 37.0. The topological polar surface area (TPSA) is 49.4 Å². The highest BCUT2D eigenvalue weighted by atomic mass is 19.4. The van der Waals surface area contributed by atoms with Crippen molar-refractivity contribution in [2.75, 3.05) is 16.8 Å². The number of nitrogens with one attached hydrogen (secondary N) is 1. The van der Waals surface area contributed by atoms with Crippen LogP contribution in [0.3, 0.4) is 0 Å². The van der Waals surface area contributed by atoms with Gasteiger partial charge in [0, 0.05) is 35.5 Å². The summed E-state index contributed by atoms with van der Waals surface area (Å²) >= 11 is 0. The van der Waals surface area contributed by atoms with Crippen LogP contribution in [0.25, 0.3) is 6.08 Å². The van der Waals surface area contributed by atoms with Crippen LogP contribution in [-0.2, 0) is 11.2 Å². The number of hydrogen-bond donors (Lipinski definition) is 1. The number of carbonyl (C=O) groups excluding carboxylic acids is 2. The lowest BCUT2D eigenvalue weighted by Gasteiger charge is -2.18. The van der Waals surface area contributed by atoms with Crippen molar-refractivity contribution in [2.45, 2.75) is 32.4 Å². The highest BCUT2D eigenvalue weighted by Gasteiger charge is 2.36. The molecule has 1 N–H and O–H groups in total. The van der Waals surface area contributed by atoms with Gasteiger partial charge in [0.05, 0.1) is 0 Å². The van der Waals surface area contributed by atoms with Crippen molar-refractivity contribution in [2.24, 2.45) is 5.92 Å². The Hall–Kier alpha value is -3.09. The molecule has 1 aliphatic heterocycles. The Morgan fingerprint density at radius 2 is 1.90 bits per heavy atom. The molecule has 1 aliphatic carbocycles. The number of aryl methyl sites for hydroxylation is 1. The van der Waals surface area contributed by atoms with E-state index in [-0.39, 0.29) is 23.8 Å². The number of nitrogens with zero attached hydrogens (tertiary/aromatic N) is 1. The van der Waals surface area contributed by atoms with Crippen LogP contribution in [0.2, 0.25) is 0 Å². The zero-order chi connectivity index (χ0) is 21.5. The van der Waals surface area contributed by atoms with E-state index in [0.29, 0.717) is 28.9 Å². The maximum absolute atomic E-state index is 12.7. The number of anilines is 2. The Labute approximate surface area is 172 Å². The Bertz CT molecular complexity index is 1040. The van der Waals surface area contributed by atoms with Gasteiger partial charge in [0.1, 0.15) is 0 Å². The van der Waals surface area contributed by atoms with Crippen LogP contribution in [-0.4, -0.2) is 24.5 Å². The molecule has 0 atom stereocenters. The normalized spacial score (nSPS) is 16.1. The molecular formula is C23H21F3N2O2. The number of fused-ring (bicyclic) bond motifs is 1. The summed E-state index contributed by atoms with van der Waals surface area (Å²) in [6, 6.07) is 10.1. The monoisotopic (exact) mass is 414 g/mol. The van der Waals surface area contributed by atoms with Crippen molar-refractivity contribution in [1.29, 1.82) is 0 Å². The van der Waals surface area contributed by atoms with Gasteiger partial charge in [-0.3, -0.25) is 9.59 Å². The number of alkyl halides is 3. The maximum Gasteiger partial charge on any atom is 0.409 e. The van der Waals surface area contributed by atoms with Gasteiger partial charge < -0.3 is 10.2 Å². The van der Waals surface area contributed by atoms with Crippen LogP contribution in [0.1, 0.15) is 39.9 Å². The number of allylic oxidation sites excluding steroid dienone is 1. The largest absolute Gasteiger partial charge is 0.409 e. The molecule has 1 saturated carbocycles. The summed E-state index contributed by atoms with van der Waals surface area (Å²) in [7, 11) is 0. The Morgan fingerprint density at radius 3 is 2.57 bits per heavy atom. The maximum atomic E-state index is 12.7. The Kier molecular flexibility index (Phi) is 5.13. The van der Waals surface area contributed by atoms with E-state index in [2.05, 4.69) is 5.32 Å². The van der Waals surface area contributed by atoms with Crippen molar-refractivity contribution in [1.82, 2.24) is 0 Å². The molecule has 2 aromatic carbocycles. The molecule has 1 fully saturated rings. The second kappa shape index (κ2) is 7.63. The van der Waals surface area contributed by atoms with Crippen LogP contribution >= 0.6 is 0 Å². The molecule has 30 heavy (non-hydrogen) atoms. The molecule has 0 aromatic heterocycles. The molecule has 4 nitrogen and oxygen atoms in total. The fourth-order valence-corrected chi connectivity index (χ4v) is 3.67. The molecule has 0 radical (unpaired) electrons. The van der Waals surface area contributed by atoms with Crippen molar-refractivity contribution < 1.29 is 22.8 Å². The van der Waals surface area contributed by atoms with Crippen molar-refractivity contribution in [3.63, 3.8) is 0 Å². The van der Waals surface area contributed by atoms with Crippen LogP contribution in [0.15, 0.2) is 42.5 Å². The first-order chi connectivity index (χ1) is 14.2. The number of rotatable bonds is 4. The summed E-state index contributed by atoms with van der Waals surface area (Å²) in [5.74, 6) is -0.0748. The third kappa shape index (κ3) is 4.40. The molecule has 2 amide bonds. The average molecular weight is 414 g/mol. The average Bonchev–Trinajstić information content (AvgIpc) is 3.45. The highest BCUT2D eigenvalue weighted by molar-refractivity contribution is 6.06. The molecule has 0 bridgehead atoms. The summed E-state index contributed by atoms with van der Waals surface area (Å²) in [5, 5.41) is 2.83. The zero-order valence-electron chi connectivity index (χ0n) is 16.4. The standard InChI is InChI=1S/C23H21F3N2O2/c1-14-12-15(8-10-23(24,25)26)2-7-19(14)21(29)27-18-6-5-16-9-11-28(20(16)13-18)22(30)17-3-4-17/h2,5-8,10,12-13,17H,3-4,9,11H2,1H3,(H,27,29). The van der Waals surface area contributed by atoms with Crippen molar-refractivity contribution in [3.8, 4) is 0 Å². The lowest BCUT2D eigenvalue weighted by atomic mass is 10.0. The molecule has 2 aromatic rings. The molecule has 2 aliphatic rings. The molecule has 7 heteroatoms. The summed E-state index contributed by atoms with van der Waals surface area (Å²) in [4.78, 5) is 27.0. The number of hydrogen-bond acceptors (Lipinski definition) is 2. The van der Waals surface area contributed by atoms with Gasteiger partial charge in [-0.1, -0.05) is 24.3 Å². The van der Waals surface area contributed by atoms with E-state index in [0.717, 1.165) is 36.6 Å². The van der Waals surface area contributed by atoms with E-state index >= 15 is 0 Å². The first kappa shape index (κ1) is 20.2. The predicted octanol–water partition coefficient (Wildman–Crippen LogP) is 5.12. The van der Waals surface area contributed by atoms with Gasteiger partial charge >= 0.3 is 6.18 Å². The van der Waals surface area contributed by atoms with E-state index in [1.165, 1.54) is 18.2 Å². The first-order valence-electron chi connectivity index (χ1n) is 9.83. The van der Waals surface area contributed by atoms with Gasteiger partial charge in [-0.2, -0.15) is 13.2 Å². The minimum absolute atomic E-state index is 0.127. The van der Waals surface area contributed by atoms with Crippen molar-refractivity contribution >= 4 is 29.3 Å². The van der Waals surface area contributed by atoms with E-state index < -0.39 is 6.18 Å². The smallest absolute Gasteiger partial charge is 0.322 e. The lowest BCUT2D eigenvalue weighted by molar-refractivity contribution is -0.119. The van der Waals surface area contributed by atoms with E-state index in [1.54, 1.807) is 17.9 Å². The Morgan fingerprint density at radius 1 is 1.13 bits per heavy atom.